The van der Waals surface area contributed by atoms with Crippen LogP contribution in [-0.4, -0.2) is 5.24 Å². The number of rotatable bonds is 14. The van der Waals surface area contributed by atoms with Crippen LogP contribution in [-0.2, 0) is 4.79 Å². The zero-order valence-electron chi connectivity index (χ0n) is 14.0. The standard InChI is InChI=1S/C20H31ClO/c1-2-3-4-5-6-7-8-9-10-11-12-13-14-15-16-17-18-19-20(21)22/h6-7,9-10,12-13,15-16H,2-5,8,11,14,17-19H2,1H3/b7-6+,10-9+,13-12-,16-15+. The van der Waals surface area contributed by atoms with Crippen LogP contribution in [0.2, 0.25) is 0 Å². The van der Waals surface area contributed by atoms with E-state index in [0.29, 0.717) is 6.42 Å². The minimum absolute atomic E-state index is 0.240. The van der Waals surface area contributed by atoms with Gasteiger partial charge < -0.3 is 0 Å². The van der Waals surface area contributed by atoms with Gasteiger partial charge in [-0.1, -0.05) is 68.4 Å². The van der Waals surface area contributed by atoms with Gasteiger partial charge in [0, 0.05) is 6.42 Å². The molecule has 0 radical (unpaired) electrons. The molecule has 1 nitrogen and oxygen atoms in total. The van der Waals surface area contributed by atoms with Gasteiger partial charge in [-0.3, -0.25) is 4.79 Å². The molecule has 0 aromatic carbocycles. The smallest absolute Gasteiger partial charge is 0.221 e. The lowest BCUT2D eigenvalue weighted by atomic mass is 10.2. The van der Waals surface area contributed by atoms with E-state index >= 15 is 0 Å². The molecule has 0 saturated heterocycles. The Bertz CT molecular complexity index is 364. The Hall–Kier alpha value is -1.08. The van der Waals surface area contributed by atoms with Gasteiger partial charge in [-0.15, -0.1) is 0 Å². The lowest BCUT2D eigenvalue weighted by Crippen LogP contribution is -1.83. The average Bonchev–Trinajstić information content (AvgIpc) is 2.50. The fourth-order valence-corrected chi connectivity index (χ4v) is 2.05. The average molecular weight is 323 g/mol. The molecule has 0 spiro atoms. The highest BCUT2D eigenvalue weighted by Crippen LogP contribution is 2.02. The van der Waals surface area contributed by atoms with Crippen LogP contribution < -0.4 is 0 Å². The normalized spacial score (nSPS) is 12.5. The van der Waals surface area contributed by atoms with E-state index in [1.165, 1.54) is 25.7 Å². The third kappa shape index (κ3) is 18.9. The summed E-state index contributed by atoms with van der Waals surface area (Å²) >= 11 is 5.26. The Balaban J connectivity index is 3.40. The summed E-state index contributed by atoms with van der Waals surface area (Å²) in [6, 6.07) is 0. The van der Waals surface area contributed by atoms with E-state index < -0.39 is 0 Å². The predicted molar refractivity (Wildman–Crippen MR) is 99.3 cm³/mol. The molecule has 0 aromatic heterocycles. The number of allylic oxidation sites excluding steroid dienone is 8. The molecule has 124 valence electrons. The van der Waals surface area contributed by atoms with Gasteiger partial charge in [-0.2, -0.15) is 0 Å². The highest BCUT2D eigenvalue weighted by molar-refractivity contribution is 6.63. The largest absolute Gasteiger partial charge is 0.281 e. The molecule has 0 rings (SSSR count). The summed E-state index contributed by atoms with van der Waals surface area (Å²) < 4.78 is 0. The molecule has 0 aliphatic heterocycles. The van der Waals surface area contributed by atoms with Crippen molar-refractivity contribution >= 4 is 16.8 Å². The first kappa shape index (κ1) is 20.9. The molecule has 0 aromatic rings. The molecule has 0 fully saturated rings. The Morgan fingerprint density at radius 3 is 1.64 bits per heavy atom. The summed E-state index contributed by atoms with van der Waals surface area (Å²) in [6.07, 6.45) is 28.0. The maximum absolute atomic E-state index is 10.5. The first-order valence-electron chi connectivity index (χ1n) is 8.55. The highest BCUT2D eigenvalue weighted by Gasteiger charge is 1.92. The molecule has 0 N–H and O–H groups in total. The third-order valence-electron chi connectivity index (χ3n) is 3.20. The summed E-state index contributed by atoms with van der Waals surface area (Å²) in [7, 11) is 0. The molecule has 0 unspecified atom stereocenters. The van der Waals surface area contributed by atoms with Crippen molar-refractivity contribution in [3.05, 3.63) is 48.6 Å². The maximum Gasteiger partial charge on any atom is 0.221 e. The van der Waals surface area contributed by atoms with Crippen molar-refractivity contribution in [2.75, 3.05) is 0 Å². The second-order valence-electron chi connectivity index (χ2n) is 5.34. The topological polar surface area (TPSA) is 17.1 Å². The Morgan fingerprint density at radius 1 is 0.727 bits per heavy atom. The van der Waals surface area contributed by atoms with Crippen molar-refractivity contribution in [1.82, 2.24) is 0 Å². The quantitative estimate of drug-likeness (QED) is 0.193. The third-order valence-corrected chi connectivity index (χ3v) is 3.39. The van der Waals surface area contributed by atoms with Crippen LogP contribution in [0.3, 0.4) is 0 Å². The van der Waals surface area contributed by atoms with Gasteiger partial charge in [0.05, 0.1) is 0 Å². The monoisotopic (exact) mass is 322 g/mol. The summed E-state index contributed by atoms with van der Waals surface area (Å²) in [6.45, 7) is 2.24. The molecule has 0 aliphatic carbocycles. The van der Waals surface area contributed by atoms with Crippen molar-refractivity contribution in [1.29, 1.82) is 0 Å². The van der Waals surface area contributed by atoms with Crippen LogP contribution in [0.25, 0.3) is 0 Å². The van der Waals surface area contributed by atoms with Gasteiger partial charge in [0.25, 0.3) is 0 Å². The Kier molecular flexibility index (Phi) is 17.1. The van der Waals surface area contributed by atoms with Crippen LogP contribution in [0.5, 0.6) is 0 Å². The molecule has 0 saturated carbocycles. The second-order valence-corrected chi connectivity index (χ2v) is 5.76. The lowest BCUT2D eigenvalue weighted by Gasteiger charge is -1.90. The highest BCUT2D eigenvalue weighted by atomic mass is 35.5. The molecular formula is C20H31ClO. The molecule has 0 bridgehead atoms. The summed E-state index contributed by atoms with van der Waals surface area (Å²) in [5.41, 5.74) is 0. The SMILES string of the molecule is CCCCC/C=C/C/C=C/C/C=C\C/C=C/CCCC(=O)Cl. The second kappa shape index (κ2) is 18.0. The van der Waals surface area contributed by atoms with Crippen molar-refractivity contribution in [3.8, 4) is 0 Å². The number of carbonyl (C=O) groups is 1. The van der Waals surface area contributed by atoms with Gasteiger partial charge in [0.15, 0.2) is 0 Å². The van der Waals surface area contributed by atoms with E-state index in [9.17, 15) is 4.79 Å². The molecule has 22 heavy (non-hydrogen) atoms. The van der Waals surface area contributed by atoms with E-state index in [1.807, 2.05) is 0 Å². The van der Waals surface area contributed by atoms with Crippen molar-refractivity contribution in [2.45, 2.75) is 71.1 Å². The first-order valence-corrected chi connectivity index (χ1v) is 8.93. The lowest BCUT2D eigenvalue weighted by molar-refractivity contribution is -0.111. The van der Waals surface area contributed by atoms with E-state index in [2.05, 4.69) is 55.5 Å². The van der Waals surface area contributed by atoms with E-state index in [-0.39, 0.29) is 5.24 Å². The van der Waals surface area contributed by atoms with Crippen molar-refractivity contribution < 1.29 is 4.79 Å². The molecule has 2 heteroatoms. The first-order chi connectivity index (χ1) is 10.8. The molecule has 0 aliphatic rings. The zero-order valence-corrected chi connectivity index (χ0v) is 14.7. The number of unbranched alkanes of at least 4 members (excludes halogenated alkanes) is 4. The van der Waals surface area contributed by atoms with Crippen molar-refractivity contribution in [2.24, 2.45) is 0 Å². The van der Waals surface area contributed by atoms with Gasteiger partial charge >= 0.3 is 0 Å². The summed E-state index contributed by atoms with van der Waals surface area (Å²) in [5, 5.41) is -0.240. The van der Waals surface area contributed by atoms with Gasteiger partial charge in [0.1, 0.15) is 0 Å². The predicted octanol–water partition coefficient (Wildman–Crippen LogP) is 6.90. The zero-order chi connectivity index (χ0) is 16.3. The van der Waals surface area contributed by atoms with Crippen LogP contribution in [0.1, 0.15) is 71.1 Å². The fraction of sp³-hybridized carbons (Fsp3) is 0.550. The van der Waals surface area contributed by atoms with Crippen LogP contribution >= 0.6 is 11.6 Å². The number of halogens is 1. The van der Waals surface area contributed by atoms with Crippen molar-refractivity contribution in [3.63, 3.8) is 0 Å². The minimum atomic E-state index is -0.240. The number of hydrogen-bond acceptors (Lipinski definition) is 1. The van der Waals surface area contributed by atoms with Crippen LogP contribution in [0.4, 0.5) is 0 Å². The van der Waals surface area contributed by atoms with Crippen LogP contribution in [0, 0.1) is 0 Å². The molecule has 0 atom stereocenters. The fourth-order valence-electron chi connectivity index (χ4n) is 1.92. The minimum Gasteiger partial charge on any atom is -0.281 e. The van der Waals surface area contributed by atoms with E-state index in [4.69, 9.17) is 11.6 Å². The number of hydrogen-bond donors (Lipinski definition) is 0. The van der Waals surface area contributed by atoms with E-state index in [0.717, 1.165) is 32.1 Å². The van der Waals surface area contributed by atoms with E-state index in [1.54, 1.807) is 0 Å². The van der Waals surface area contributed by atoms with Crippen LogP contribution in [0.15, 0.2) is 48.6 Å². The Labute approximate surface area is 141 Å². The number of carbonyl (C=O) groups excluding carboxylic acids is 1. The van der Waals surface area contributed by atoms with Gasteiger partial charge in [-0.25, -0.2) is 0 Å². The van der Waals surface area contributed by atoms with Gasteiger partial charge in [0.2, 0.25) is 5.24 Å². The van der Waals surface area contributed by atoms with Gasteiger partial charge in [-0.05, 0) is 56.5 Å². The summed E-state index contributed by atoms with van der Waals surface area (Å²) in [5.74, 6) is 0. The Morgan fingerprint density at radius 2 is 1.18 bits per heavy atom. The molecule has 0 amide bonds. The summed E-state index contributed by atoms with van der Waals surface area (Å²) in [4.78, 5) is 10.5. The maximum atomic E-state index is 10.5. The molecule has 0 heterocycles. The molecular weight excluding hydrogens is 292 g/mol.